The van der Waals surface area contributed by atoms with Crippen LogP contribution in [0.15, 0.2) is 29.1 Å². The monoisotopic (exact) mass is 394 g/mol. The van der Waals surface area contributed by atoms with Crippen molar-refractivity contribution < 1.29 is 9.59 Å². The van der Waals surface area contributed by atoms with E-state index in [2.05, 4.69) is 4.98 Å². The van der Waals surface area contributed by atoms with Gasteiger partial charge >= 0.3 is 0 Å². The van der Waals surface area contributed by atoms with Crippen LogP contribution in [0.25, 0.3) is 0 Å². The molecule has 0 unspecified atom stereocenters. The normalized spacial score (nSPS) is 19.0. The quantitative estimate of drug-likeness (QED) is 0.847. The Morgan fingerprint density at radius 2 is 1.90 bits per heavy atom. The number of hydrogen-bond acceptors (Lipinski definition) is 4. The summed E-state index contributed by atoms with van der Waals surface area (Å²) in [6.45, 7) is 5.04. The summed E-state index contributed by atoms with van der Waals surface area (Å²) in [6.07, 6.45) is 3.17. The maximum absolute atomic E-state index is 13.2. The molecule has 3 heterocycles. The predicted molar refractivity (Wildman–Crippen MR) is 108 cm³/mol. The molecule has 0 aliphatic carbocycles. The van der Waals surface area contributed by atoms with Crippen LogP contribution in [-0.2, 0) is 17.8 Å². The highest BCUT2D eigenvalue weighted by Crippen LogP contribution is 2.30. The number of aryl methyl sites for hydroxylation is 1. The molecule has 0 spiro atoms. The summed E-state index contributed by atoms with van der Waals surface area (Å²) in [5.41, 5.74) is 2.90. The lowest BCUT2D eigenvalue weighted by Crippen LogP contribution is -2.42. The summed E-state index contributed by atoms with van der Waals surface area (Å²) < 4.78 is 0. The van der Waals surface area contributed by atoms with Gasteiger partial charge in [0.05, 0.1) is 18.3 Å². The zero-order valence-corrected chi connectivity index (χ0v) is 16.9. The molecule has 1 atom stereocenters. The van der Waals surface area contributed by atoms with Gasteiger partial charge in [0.15, 0.2) is 0 Å². The zero-order chi connectivity index (χ0) is 20.5. The smallest absolute Gasteiger partial charge is 0.254 e. The SMILES string of the molecule is CC(=O)N1CCc2c(nc([C@@H]3CCCCN3C(=O)c3ccc(C)cc3)[nH]c2=O)C1. The van der Waals surface area contributed by atoms with E-state index in [1.165, 1.54) is 6.92 Å². The Hall–Kier alpha value is -2.96. The van der Waals surface area contributed by atoms with Crippen LogP contribution in [-0.4, -0.2) is 44.7 Å². The number of amides is 2. The minimum absolute atomic E-state index is 0.0203. The third-order valence-electron chi connectivity index (χ3n) is 5.91. The first-order valence-corrected chi connectivity index (χ1v) is 10.2. The Labute approximate surface area is 169 Å². The average molecular weight is 394 g/mol. The van der Waals surface area contributed by atoms with Crippen molar-refractivity contribution in [3.8, 4) is 0 Å². The summed E-state index contributed by atoms with van der Waals surface area (Å²) in [7, 11) is 0. The molecule has 1 N–H and O–H groups in total. The molecular weight excluding hydrogens is 368 g/mol. The summed E-state index contributed by atoms with van der Waals surface area (Å²) in [6, 6.07) is 7.29. The number of aromatic nitrogens is 2. The van der Waals surface area contributed by atoms with E-state index in [0.29, 0.717) is 48.7 Å². The lowest BCUT2D eigenvalue weighted by molar-refractivity contribution is -0.129. The van der Waals surface area contributed by atoms with Gasteiger partial charge in [0, 0.05) is 31.1 Å². The van der Waals surface area contributed by atoms with Crippen LogP contribution < -0.4 is 5.56 Å². The number of aromatic amines is 1. The van der Waals surface area contributed by atoms with Crippen LogP contribution in [0.2, 0.25) is 0 Å². The van der Waals surface area contributed by atoms with Crippen LogP contribution in [0.4, 0.5) is 0 Å². The van der Waals surface area contributed by atoms with E-state index in [-0.39, 0.29) is 23.4 Å². The predicted octanol–water partition coefficient (Wildman–Crippen LogP) is 2.35. The van der Waals surface area contributed by atoms with Gasteiger partial charge in [0.25, 0.3) is 11.5 Å². The van der Waals surface area contributed by atoms with Gasteiger partial charge in [-0.1, -0.05) is 17.7 Å². The molecule has 1 saturated heterocycles. The van der Waals surface area contributed by atoms with Crippen molar-refractivity contribution in [2.75, 3.05) is 13.1 Å². The third kappa shape index (κ3) is 3.81. The second-order valence-electron chi connectivity index (χ2n) is 7.94. The van der Waals surface area contributed by atoms with E-state index >= 15 is 0 Å². The van der Waals surface area contributed by atoms with Crippen molar-refractivity contribution in [1.29, 1.82) is 0 Å². The fourth-order valence-electron chi connectivity index (χ4n) is 4.21. The molecule has 2 aliphatic rings. The number of likely N-dealkylation sites (tertiary alicyclic amines) is 1. The second kappa shape index (κ2) is 7.81. The van der Waals surface area contributed by atoms with Crippen molar-refractivity contribution in [3.63, 3.8) is 0 Å². The number of nitrogens with one attached hydrogen (secondary N) is 1. The van der Waals surface area contributed by atoms with Gasteiger partial charge in [-0.05, 0) is 44.7 Å². The summed E-state index contributed by atoms with van der Waals surface area (Å²) >= 11 is 0. The minimum Gasteiger partial charge on any atom is -0.337 e. The second-order valence-corrected chi connectivity index (χ2v) is 7.94. The Balaban J connectivity index is 1.67. The number of rotatable bonds is 2. The highest BCUT2D eigenvalue weighted by atomic mass is 16.2. The van der Waals surface area contributed by atoms with Crippen LogP contribution in [0.3, 0.4) is 0 Å². The van der Waals surface area contributed by atoms with E-state index in [1.54, 1.807) is 4.90 Å². The number of carbonyl (C=O) groups is 2. The molecule has 1 fully saturated rings. The molecule has 2 amide bonds. The van der Waals surface area contributed by atoms with Crippen LogP contribution >= 0.6 is 0 Å². The first-order chi connectivity index (χ1) is 13.9. The van der Waals surface area contributed by atoms with Gasteiger partial charge in [0.2, 0.25) is 5.91 Å². The molecule has 0 radical (unpaired) electrons. The lowest BCUT2D eigenvalue weighted by Gasteiger charge is -2.36. The van der Waals surface area contributed by atoms with Crippen LogP contribution in [0, 0.1) is 6.92 Å². The van der Waals surface area contributed by atoms with Gasteiger partial charge in [-0.2, -0.15) is 0 Å². The van der Waals surface area contributed by atoms with Crippen molar-refractivity contribution in [3.05, 3.63) is 62.8 Å². The topological polar surface area (TPSA) is 86.4 Å². The molecule has 0 saturated carbocycles. The summed E-state index contributed by atoms with van der Waals surface area (Å²) in [5, 5.41) is 0. The first kappa shape index (κ1) is 19.4. The van der Waals surface area contributed by atoms with Gasteiger partial charge in [-0.25, -0.2) is 4.98 Å². The summed E-state index contributed by atoms with van der Waals surface area (Å²) in [5.74, 6) is 0.466. The van der Waals surface area contributed by atoms with Gasteiger partial charge in [-0.3, -0.25) is 14.4 Å². The molecule has 152 valence electrons. The molecule has 1 aromatic carbocycles. The Morgan fingerprint density at radius 3 is 2.62 bits per heavy atom. The van der Waals surface area contributed by atoms with Crippen molar-refractivity contribution in [2.24, 2.45) is 0 Å². The highest BCUT2D eigenvalue weighted by molar-refractivity contribution is 5.94. The zero-order valence-electron chi connectivity index (χ0n) is 16.9. The van der Waals surface area contributed by atoms with Crippen LogP contribution in [0.1, 0.15) is 65.2 Å². The van der Waals surface area contributed by atoms with Gasteiger partial charge in [0.1, 0.15) is 5.82 Å². The minimum atomic E-state index is -0.261. The maximum atomic E-state index is 13.2. The largest absolute Gasteiger partial charge is 0.337 e. The molecule has 4 rings (SSSR count). The van der Waals surface area contributed by atoms with Crippen molar-refractivity contribution in [1.82, 2.24) is 19.8 Å². The number of hydrogen-bond donors (Lipinski definition) is 1. The number of nitrogens with zero attached hydrogens (tertiary/aromatic N) is 3. The number of carbonyl (C=O) groups excluding carboxylic acids is 2. The molecule has 7 nitrogen and oxygen atoms in total. The average Bonchev–Trinajstić information content (AvgIpc) is 2.73. The molecule has 2 aromatic rings. The van der Waals surface area contributed by atoms with Gasteiger partial charge in [-0.15, -0.1) is 0 Å². The highest BCUT2D eigenvalue weighted by Gasteiger charge is 2.32. The number of fused-ring (bicyclic) bond motifs is 1. The van der Waals surface area contributed by atoms with Crippen molar-refractivity contribution in [2.45, 2.75) is 52.1 Å². The number of H-pyrrole nitrogens is 1. The Kier molecular flexibility index (Phi) is 5.22. The molecule has 1 aromatic heterocycles. The fraction of sp³-hybridized carbons (Fsp3) is 0.455. The van der Waals surface area contributed by atoms with Crippen molar-refractivity contribution >= 4 is 11.8 Å². The van der Waals surface area contributed by atoms with Crippen LogP contribution in [0.5, 0.6) is 0 Å². The number of benzene rings is 1. The molecular formula is C22H26N4O3. The Bertz CT molecular complexity index is 996. The third-order valence-corrected chi connectivity index (χ3v) is 5.91. The first-order valence-electron chi connectivity index (χ1n) is 10.2. The van der Waals surface area contributed by atoms with E-state index in [9.17, 15) is 14.4 Å². The van der Waals surface area contributed by atoms with Gasteiger partial charge < -0.3 is 14.8 Å². The maximum Gasteiger partial charge on any atom is 0.254 e. The van der Waals surface area contributed by atoms with E-state index in [4.69, 9.17) is 4.98 Å². The van der Waals surface area contributed by atoms with E-state index in [0.717, 1.165) is 24.8 Å². The number of piperidine rings is 1. The summed E-state index contributed by atoms with van der Waals surface area (Å²) in [4.78, 5) is 48.8. The van der Waals surface area contributed by atoms with E-state index < -0.39 is 0 Å². The standard InChI is InChI=1S/C22H26N4O3/c1-14-6-8-16(9-7-14)22(29)26-11-4-3-5-19(26)20-23-18-13-25(15(2)27)12-10-17(18)21(28)24-20/h6-9,19H,3-5,10-13H2,1-2H3,(H,23,24,28)/t19-/m0/s1. The van der Waals surface area contributed by atoms with E-state index in [1.807, 2.05) is 36.1 Å². The molecule has 2 aliphatic heterocycles. The molecule has 7 heteroatoms. The Morgan fingerprint density at radius 1 is 1.14 bits per heavy atom. The fourth-order valence-corrected chi connectivity index (χ4v) is 4.21. The lowest BCUT2D eigenvalue weighted by atomic mass is 9.99. The molecule has 29 heavy (non-hydrogen) atoms. The molecule has 0 bridgehead atoms.